The van der Waals surface area contributed by atoms with Crippen LogP contribution in [0.25, 0.3) is 0 Å². The number of methoxy groups -OCH3 is 2. The van der Waals surface area contributed by atoms with Crippen LogP contribution in [0.5, 0.6) is 11.5 Å². The van der Waals surface area contributed by atoms with E-state index in [1.807, 2.05) is 0 Å². The van der Waals surface area contributed by atoms with Gasteiger partial charge in [-0.15, -0.1) is 11.6 Å². The van der Waals surface area contributed by atoms with Gasteiger partial charge in [0.1, 0.15) is 5.38 Å². The highest BCUT2D eigenvalue weighted by Crippen LogP contribution is 2.38. The Kier molecular flexibility index (Phi) is 6.58. The number of benzene rings is 1. The molecule has 0 saturated carbocycles. The van der Waals surface area contributed by atoms with Crippen LogP contribution < -0.4 is 9.47 Å². The Bertz CT molecular complexity index is 548. The van der Waals surface area contributed by atoms with Gasteiger partial charge in [-0.2, -0.15) is 0 Å². The molecule has 0 aliphatic rings. The van der Waals surface area contributed by atoms with Gasteiger partial charge >= 0.3 is 5.97 Å². The molecule has 8 heteroatoms. The van der Waals surface area contributed by atoms with E-state index in [-0.39, 0.29) is 17.3 Å². The van der Waals surface area contributed by atoms with Crippen molar-refractivity contribution in [3.05, 3.63) is 22.7 Å². The topological polar surface area (TPSA) is 77.4 Å². The second kappa shape index (κ2) is 7.95. The van der Waals surface area contributed by atoms with Crippen LogP contribution in [0.1, 0.15) is 17.9 Å². The monoisotopic (exact) mass is 335 g/mol. The van der Waals surface area contributed by atoms with Gasteiger partial charge in [0.25, 0.3) is 0 Å². The maximum Gasteiger partial charge on any atom is 0.358 e. The fourth-order valence-electron chi connectivity index (χ4n) is 1.61. The fraction of sp³-hybridized carbons (Fsp3) is 0.385. The molecule has 1 aromatic carbocycles. The van der Waals surface area contributed by atoms with E-state index in [1.54, 1.807) is 6.92 Å². The average molecular weight is 336 g/mol. The fourth-order valence-corrected chi connectivity index (χ4v) is 2.24. The summed E-state index contributed by atoms with van der Waals surface area (Å²) < 4.78 is 15.0. The minimum atomic E-state index is -1.10. The summed E-state index contributed by atoms with van der Waals surface area (Å²) in [5.41, 5.74) is -0.0375. The second-order valence-corrected chi connectivity index (χ2v) is 4.64. The van der Waals surface area contributed by atoms with E-state index in [2.05, 4.69) is 5.16 Å². The van der Waals surface area contributed by atoms with Gasteiger partial charge in [0.15, 0.2) is 17.2 Å². The van der Waals surface area contributed by atoms with Crippen LogP contribution in [0.15, 0.2) is 17.3 Å². The number of carbonyl (C=O) groups is 1. The molecule has 0 fully saturated rings. The minimum absolute atomic E-state index is 0.126. The van der Waals surface area contributed by atoms with Crippen LogP contribution in [0.3, 0.4) is 0 Å². The van der Waals surface area contributed by atoms with Crippen molar-refractivity contribution < 1.29 is 24.2 Å². The van der Waals surface area contributed by atoms with Gasteiger partial charge in [-0.1, -0.05) is 16.8 Å². The number of halogens is 2. The molecule has 0 aliphatic carbocycles. The van der Waals surface area contributed by atoms with Gasteiger partial charge in [-0.05, 0) is 18.6 Å². The van der Waals surface area contributed by atoms with E-state index in [0.717, 1.165) is 0 Å². The zero-order valence-corrected chi connectivity index (χ0v) is 13.2. The summed E-state index contributed by atoms with van der Waals surface area (Å²) in [4.78, 5) is 11.7. The van der Waals surface area contributed by atoms with Crippen molar-refractivity contribution in [1.29, 1.82) is 0 Å². The number of alkyl halides is 1. The normalized spacial score (nSPS) is 12.7. The SMILES string of the molecule is CCOC(=O)C(=NO)C(Cl)c1cc(OC)c(OC)cc1Cl. The van der Waals surface area contributed by atoms with E-state index in [0.29, 0.717) is 17.1 Å². The van der Waals surface area contributed by atoms with Crippen molar-refractivity contribution in [3.8, 4) is 11.5 Å². The van der Waals surface area contributed by atoms with E-state index in [1.165, 1.54) is 26.4 Å². The lowest BCUT2D eigenvalue weighted by Crippen LogP contribution is -2.22. The Morgan fingerprint density at radius 1 is 1.33 bits per heavy atom. The van der Waals surface area contributed by atoms with Crippen molar-refractivity contribution in [1.82, 2.24) is 0 Å². The Morgan fingerprint density at radius 3 is 2.38 bits per heavy atom. The molecule has 116 valence electrons. The third-order valence-electron chi connectivity index (χ3n) is 2.61. The van der Waals surface area contributed by atoms with Gasteiger partial charge in [-0.25, -0.2) is 4.79 Å². The molecule has 0 heterocycles. The molecule has 0 aromatic heterocycles. The minimum Gasteiger partial charge on any atom is -0.493 e. The largest absolute Gasteiger partial charge is 0.493 e. The van der Waals surface area contributed by atoms with Crippen molar-refractivity contribution in [2.75, 3.05) is 20.8 Å². The molecule has 1 unspecified atom stereocenters. The lowest BCUT2D eigenvalue weighted by atomic mass is 10.1. The lowest BCUT2D eigenvalue weighted by molar-refractivity contribution is -0.135. The van der Waals surface area contributed by atoms with E-state index in [9.17, 15) is 4.79 Å². The molecule has 1 N–H and O–H groups in total. The Morgan fingerprint density at radius 2 is 1.90 bits per heavy atom. The van der Waals surface area contributed by atoms with Gasteiger partial charge in [-0.3, -0.25) is 0 Å². The highest BCUT2D eigenvalue weighted by molar-refractivity contribution is 6.50. The molecule has 0 radical (unpaired) electrons. The highest BCUT2D eigenvalue weighted by atomic mass is 35.5. The summed E-state index contributed by atoms with van der Waals surface area (Å²) in [6.45, 7) is 1.75. The number of esters is 1. The first-order chi connectivity index (χ1) is 9.99. The van der Waals surface area contributed by atoms with Crippen LogP contribution in [-0.4, -0.2) is 37.7 Å². The van der Waals surface area contributed by atoms with Crippen molar-refractivity contribution >= 4 is 34.9 Å². The highest BCUT2D eigenvalue weighted by Gasteiger charge is 2.28. The summed E-state index contributed by atoms with van der Waals surface area (Å²) in [5.74, 6) is -0.0386. The third-order valence-corrected chi connectivity index (χ3v) is 3.38. The zero-order valence-electron chi connectivity index (χ0n) is 11.7. The molecule has 1 rings (SSSR count). The van der Waals surface area contributed by atoms with Gasteiger partial charge < -0.3 is 19.4 Å². The summed E-state index contributed by atoms with van der Waals surface area (Å²) in [7, 11) is 2.91. The van der Waals surface area contributed by atoms with Gasteiger partial charge in [0.05, 0.1) is 20.8 Å². The van der Waals surface area contributed by atoms with E-state index < -0.39 is 11.3 Å². The van der Waals surface area contributed by atoms with Crippen LogP contribution in [0.2, 0.25) is 5.02 Å². The number of oxime groups is 1. The summed E-state index contributed by atoms with van der Waals surface area (Å²) in [6, 6.07) is 2.99. The van der Waals surface area contributed by atoms with Crippen molar-refractivity contribution in [3.63, 3.8) is 0 Å². The molecule has 0 bridgehead atoms. The molecule has 0 saturated heterocycles. The first kappa shape index (κ1) is 17.4. The molecule has 0 aliphatic heterocycles. The molecular weight excluding hydrogens is 321 g/mol. The zero-order chi connectivity index (χ0) is 16.0. The molecule has 6 nitrogen and oxygen atoms in total. The Balaban J connectivity index is 3.22. The number of hydrogen-bond donors (Lipinski definition) is 1. The van der Waals surface area contributed by atoms with E-state index in [4.69, 9.17) is 42.6 Å². The summed E-state index contributed by atoms with van der Waals surface area (Å²) >= 11 is 12.3. The standard InChI is InChI=1S/C13H15Cl2NO5/c1-4-21-13(17)12(16-18)11(15)7-5-9(19-2)10(20-3)6-8(7)14/h5-6,11,18H,4H2,1-3H3. The number of ether oxygens (including phenoxy) is 3. The Labute approximate surface area is 132 Å². The molecule has 1 atom stereocenters. The molecular formula is C13H15Cl2NO5. The summed E-state index contributed by atoms with van der Waals surface area (Å²) in [5, 5.41) is 11.0. The third kappa shape index (κ3) is 3.92. The predicted octanol–water partition coefficient (Wildman–Crippen LogP) is 3.03. The van der Waals surface area contributed by atoms with Crippen molar-refractivity contribution in [2.24, 2.45) is 5.16 Å². The summed E-state index contributed by atoms with van der Waals surface area (Å²) in [6.07, 6.45) is 0. The number of hydrogen-bond acceptors (Lipinski definition) is 6. The predicted molar refractivity (Wildman–Crippen MR) is 79.0 cm³/mol. The lowest BCUT2D eigenvalue weighted by Gasteiger charge is -2.15. The van der Waals surface area contributed by atoms with Gasteiger partial charge in [0, 0.05) is 11.1 Å². The maximum atomic E-state index is 11.7. The average Bonchev–Trinajstić information content (AvgIpc) is 2.47. The van der Waals surface area contributed by atoms with Crippen molar-refractivity contribution in [2.45, 2.75) is 12.3 Å². The smallest absolute Gasteiger partial charge is 0.358 e. The first-order valence-corrected chi connectivity index (χ1v) is 6.76. The molecule has 0 amide bonds. The Hall–Kier alpha value is -1.66. The quantitative estimate of drug-likeness (QED) is 0.284. The number of rotatable bonds is 6. The van der Waals surface area contributed by atoms with Crippen LogP contribution in [0.4, 0.5) is 0 Å². The first-order valence-electron chi connectivity index (χ1n) is 5.94. The van der Waals surface area contributed by atoms with E-state index >= 15 is 0 Å². The number of carbonyl (C=O) groups excluding carboxylic acids is 1. The molecule has 0 spiro atoms. The number of nitrogens with zero attached hydrogens (tertiary/aromatic N) is 1. The van der Waals surface area contributed by atoms with Crippen LogP contribution >= 0.6 is 23.2 Å². The molecule has 21 heavy (non-hydrogen) atoms. The maximum absolute atomic E-state index is 11.7. The van der Waals surface area contributed by atoms with Crippen LogP contribution in [0, 0.1) is 0 Å². The van der Waals surface area contributed by atoms with Crippen LogP contribution in [-0.2, 0) is 9.53 Å². The van der Waals surface area contributed by atoms with Gasteiger partial charge in [0.2, 0.25) is 0 Å². The molecule has 1 aromatic rings. The second-order valence-electron chi connectivity index (χ2n) is 3.80.